The van der Waals surface area contributed by atoms with Crippen LogP contribution >= 0.6 is 22.9 Å². The van der Waals surface area contributed by atoms with E-state index in [2.05, 4.69) is 4.99 Å². The monoisotopic (exact) mass is 473 g/mol. The molecule has 0 spiro atoms. The van der Waals surface area contributed by atoms with Gasteiger partial charge in [0.25, 0.3) is 11.6 Å². The van der Waals surface area contributed by atoms with Gasteiger partial charge < -0.3 is 0 Å². The van der Waals surface area contributed by atoms with Gasteiger partial charge in [-0.05, 0) is 54.5 Å². The Kier molecular flexibility index (Phi) is 5.28. The lowest BCUT2D eigenvalue weighted by Crippen LogP contribution is -2.32. The highest BCUT2D eigenvalue weighted by Crippen LogP contribution is 2.39. The van der Waals surface area contributed by atoms with E-state index in [0.717, 1.165) is 15.6 Å². The highest BCUT2D eigenvalue weighted by Gasteiger charge is 2.35. The van der Waals surface area contributed by atoms with Crippen LogP contribution in [-0.2, 0) is 4.79 Å². The van der Waals surface area contributed by atoms with Crippen LogP contribution in [0.2, 0.25) is 5.02 Å². The van der Waals surface area contributed by atoms with Gasteiger partial charge in [-0.15, -0.1) is 11.3 Å². The van der Waals surface area contributed by atoms with Crippen molar-refractivity contribution in [2.24, 2.45) is 4.99 Å². The maximum Gasteiger partial charge on any atom is 0.282 e. The number of rotatable bonds is 4. The van der Waals surface area contributed by atoms with Crippen LogP contribution in [0.15, 0.2) is 83.5 Å². The number of amides is 1. The second-order valence-corrected chi connectivity index (χ2v) is 8.96. The van der Waals surface area contributed by atoms with Crippen molar-refractivity contribution in [3.8, 4) is 0 Å². The molecule has 0 aliphatic carbocycles. The number of nitro groups is 1. The number of nitro benzene ring substituents is 1. The zero-order chi connectivity index (χ0) is 23.1. The molecule has 0 unspecified atom stereocenters. The Morgan fingerprint density at radius 2 is 1.82 bits per heavy atom. The minimum absolute atomic E-state index is 0.0162. The van der Waals surface area contributed by atoms with E-state index in [1.165, 1.54) is 23.5 Å². The van der Waals surface area contributed by atoms with Crippen molar-refractivity contribution in [3.05, 3.63) is 110 Å². The first-order valence-electron chi connectivity index (χ1n) is 10.1. The molecule has 2 heterocycles. The average molecular weight is 474 g/mol. The Morgan fingerprint density at radius 3 is 2.52 bits per heavy atom. The first-order chi connectivity index (χ1) is 15.9. The fourth-order valence-electron chi connectivity index (χ4n) is 3.68. The van der Waals surface area contributed by atoms with E-state index in [1.807, 2.05) is 55.5 Å². The third-order valence-electron chi connectivity index (χ3n) is 5.27. The lowest BCUT2D eigenvalue weighted by molar-refractivity contribution is -0.384. The number of hydrogen-bond acceptors (Lipinski definition) is 5. The number of halogens is 1. The number of carbonyl (C=O) groups excluding carboxylic acids is 1. The van der Waals surface area contributed by atoms with Gasteiger partial charge in [-0.3, -0.25) is 19.8 Å². The van der Waals surface area contributed by atoms with Crippen molar-refractivity contribution in [3.63, 3.8) is 0 Å². The second kappa shape index (κ2) is 8.27. The summed E-state index contributed by atoms with van der Waals surface area (Å²) < 4.78 is 1.00. The van der Waals surface area contributed by atoms with Crippen molar-refractivity contribution >= 4 is 62.2 Å². The topological polar surface area (TPSA) is 75.8 Å². The van der Waals surface area contributed by atoms with Gasteiger partial charge in [-0.25, -0.2) is 4.99 Å². The maximum absolute atomic E-state index is 13.5. The number of benzene rings is 3. The lowest BCUT2D eigenvalue weighted by Gasteiger charge is -2.18. The predicted octanol–water partition coefficient (Wildman–Crippen LogP) is 6.61. The summed E-state index contributed by atoms with van der Waals surface area (Å²) in [5.74, 6) is 0.174. The van der Waals surface area contributed by atoms with Crippen LogP contribution in [0.3, 0.4) is 0 Å². The molecule has 8 heteroatoms. The van der Waals surface area contributed by atoms with Crippen molar-refractivity contribution < 1.29 is 9.72 Å². The van der Waals surface area contributed by atoms with Gasteiger partial charge >= 0.3 is 0 Å². The number of hydrogen-bond donors (Lipinski definition) is 0. The van der Waals surface area contributed by atoms with Crippen molar-refractivity contribution in [2.45, 2.75) is 6.92 Å². The minimum Gasteiger partial charge on any atom is -0.266 e. The van der Waals surface area contributed by atoms with Gasteiger partial charge in [-0.1, -0.05) is 41.9 Å². The van der Waals surface area contributed by atoms with Gasteiger partial charge in [0.15, 0.2) is 5.84 Å². The van der Waals surface area contributed by atoms with Crippen LogP contribution in [-0.4, -0.2) is 16.7 Å². The molecule has 1 aromatic heterocycles. The molecule has 1 aliphatic rings. The van der Waals surface area contributed by atoms with Gasteiger partial charge in [-0.2, -0.15) is 0 Å². The molecule has 3 aromatic carbocycles. The normalized spacial score (nSPS) is 14.8. The standard InChI is InChI=1S/C25H16ClN3O3S/c1-15-5-4-6-18(13-15)28-24(23-22(26)19-7-2-3-8-21(19)33-23)27-20(25(28)30)14-16-9-11-17(12-10-16)29(31)32/h2-14H,1H3/b20-14+. The number of anilines is 1. The van der Waals surface area contributed by atoms with E-state index in [4.69, 9.17) is 11.6 Å². The molecule has 0 bridgehead atoms. The fraction of sp³-hybridized carbons (Fsp3) is 0.0400. The number of aliphatic imine (C=N–C) groups is 1. The summed E-state index contributed by atoms with van der Waals surface area (Å²) in [5, 5.41) is 12.4. The zero-order valence-electron chi connectivity index (χ0n) is 17.4. The van der Waals surface area contributed by atoms with Crippen LogP contribution in [0.1, 0.15) is 16.0 Å². The highest BCUT2D eigenvalue weighted by molar-refractivity contribution is 7.21. The van der Waals surface area contributed by atoms with Gasteiger partial charge in [0.05, 0.1) is 20.5 Å². The first-order valence-corrected chi connectivity index (χ1v) is 11.3. The summed E-state index contributed by atoms with van der Waals surface area (Å²) in [6.45, 7) is 1.96. The smallest absolute Gasteiger partial charge is 0.266 e. The molecule has 0 atom stereocenters. The molecule has 0 saturated carbocycles. The molecular formula is C25H16ClN3O3S. The first kappa shape index (κ1) is 21.1. The highest BCUT2D eigenvalue weighted by atomic mass is 35.5. The summed E-state index contributed by atoms with van der Waals surface area (Å²) in [5.41, 5.74) is 2.56. The molecule has 162 valence electrons. The van der Waals surface area contributed by atoms with Crippen LogP contribution < -0.4 is 4.90 Å². The molecule has 5 rings (SSSR count). The summed E-state index contributed by atoms with van der Waals surface area (Å²) in [6, 6.07) is 21.4. The van der Waals surface area contributed by atoms with E-state index in [0.29, 0.717) is 27.0 Å². The summed E-state index contributed by atoms with van der Waals surface area (Å²) in [7, 11) is 0. The number of non-ortho nitro benzene ring substituents is 1. The van der Waals surface area contributed by atoms with Crippen molar-refractivity contribution in [2.75, 3.05) is 4.90 Å². The summed E-state index contributed by atoms with van der Waals surface area (Å²) >= 11 is 8.21. The zero-order valence-corrected chi connectivity index (χ0v) is 18.9. The fourth-order valence-corrected chi connectivity index (χ4v) is 5.18. The second-order valence-electron chi connectivity index (χ2n) is 7.53. The minimum atomic E-state index is -0.461. The largest absolute Gasteiger partial charge is 0.282 e. The van der Waals surface area contributed by atoms with Gasteiger partial charge in [0.2, 0.25) is 0 Å². The number of fused-ring (bicyclic) bond motifs is 1. The van der Waals surface area contributed by atoms with Crippen molar-refractivity contribution in [1.29, 1.82) is 0 Å². The Labute approximate surface area is 198 Å². The van der Waals surface area contributed by atoms with E-state index in [9.17, 15) is 14.9 Å². The van der Waals surface area contributed by atoms with Crippen LogP contribution in [0.25, 0.3) is 16.2 Å². The number of aryl methyl sites for hydroxylation is 1. The number of amidine groups is 1. The predicted molar refractivity (Wildman–Crippen MR) is 133 cm³/mol. The van der Waals surface area contributed by atoms with Crippen LogP contribution in [0, 0.1) is 17.0 Å². The van der Waals surface area contributed by atoms with Gasteiger partial charge in [0.1, 0.15) is 5.70 Å². The quantitative estimate of drug-likeness (QED) is 0.190. The molecule has 0 saturated heterocycles. The van der Waals surface area contributed by atoms with E-state index in [-0.39, 0.29) is 17.3 Å². The summed E-state index contributed by atoms with van der Waals surface area (Å²) in [6.07, 6.45) is 1.63. The lowest BCUT2D eigenvalue weighted by atomic mass is 10.1. The van der Waals surface area contributed by atoms with E-state index in [1.54, 1.807) is 23.1 Å². The number of thiophene rings is 1. The summed E-state index contributed by atoms with van der Waals surface area (Å²) in [4.78, 5) is 30.9. The Morgan fingerprint density at radius 1 is 1.06 bits per heavy atom. The third kappa shape index (κ3) is 3.82. The number of nitrogens with zero attached hydrogens (tertiary/aromatic N) is 3. The third-order valence-corrected chi connectivity index (χ3v) is 6.94. The van der Waals surface area contributed by atoms with E-state index < -0.39 is 4.92 Å². The molecule has 6 nitrogen and oxygen atoms in total. The molecule has 33 heavy (non-hydrogen) atoms. The van der Waals surface area contributed by atoms with E-state index >= 15 is 0 Å². The molecule has 0 fully saturated rings. The molecule has 1 aliphatic heterocycles. The Balaban J connectivity index is 1.65. The molecule has 4 aromatic rings. The molecule has 0 radical (unpaired) electrons. The Bertz CT molecular complexity index is 1490. The molecular weight excluding hydrogens is 458 g/mol. The molecule has 0 N–H and O–H groups in total. The number of carbonyl (C=O) groups is 1. The Hall–Kier alpha value is -3.81. The van der Waals surface area contributed by atoms with Crippen LogP contribution in [0.5, 0.6) is 0 Å². The molecule has 1 amide bonds. The average Bonchev–Trinajstić information content (AvgIpc) is 3.31. The van der Waals surface area contributed by atoms with Crippen molar-refractivity contribution in [1.82, 2.24) is 0 Å². The van der Waals surface area contributed by atoms with Gasteiger partial charge in [0, 0.05) is 22.2 Å². The van der Waals surface area contributed by atoms with Crippen LogP contribution in [0.4, 0.5) is 11.4 Å². The maximum atomic E-state index is 13.5. The SMILES string of the molecule is Cc1cccc(N2C(=O)/C(=C\c3ccc([N+](=O)[O-])cc3)N=C2c2sc3ccccc3c2Cl)c1.